The third-order valence-corrected chi connectivity index (χ3v) is 5.14. The Balaban J connectivity index is 1.80. The Kier molecular flexibility index (Phi) is 9.47. The van der Waals surface area contributed by atoms with Crippen molar-refractivity contribution < 1.29 is 9.67 Å². The summed E-state index contributed by atoms with van der Waals surface area (Å²) in [5.41, 5.74) is 1.30. The zero-order chi connectivity index (χ0) is 18.6. The van der Waals surface area contributed by atoms with Gasteiger partial charge < -0.3 is 5.11 Å². The number of imidazole rings is 1. The van der Waals surface area contributed by atoms with Crippen molar-refractivity contribution in [2.75, 3.05) is 0 Å². The second kappa shape index (κ2) is 11.9. The van der Waals surface area contributed by atoms with E-state index in [2.05, 4.69) is 48.0 Å². The Morgan fingerprint density at radius 3 is 2.15 bits per heavy atom. The minimum absolute atomic E-state index is 0.472. The predicted octanol–water partition coefficient (Wildman–Crippen LogP) is 5.41. The molecule has 1 heterocycles. The molecule has 0 bridgehead atoms. The van der Waals surface area contributed by atoms with Crippen molar-refractivity contribution in [1.82, 2.24) is 4.57 Å². The van der Waals surface area contributed by atoms with Gasteiger partial charge in [-0.05, 0) is 12.0 Å². The molecule has 2 aromatic rings. The van der Waals surface area contributed by atoms with Gasteiger partial charge in [0.2, 0.25) is 0 Å². The molecule has 0 spiro atoms. The molecule has 0 aliphatic heterocycles. The first kappa shape index (κ1) is 20.7. The number of rotatable bonds is 13. The molecule has 0 radical (unpaired) electrons. The highest BCUT2D eigenvalue weighted by Crippen LogP contribution is 2.13. The first-order chi connectivity index (χ1) is 12.7. The lowest BCUT2D eigenvalue weighted by molar-refractivity contribution is -0.695. The second-order valence-electron chi connectivity index (χ2n) is 7.45. The molecule has 0 saturated heterocycles. The molecule has 1 N–H and O–H groups in total. The van der Waals surface area contributed by atoms with E-state index in [1.807, 2.05) is 17.7 Å². The van der Waals surface area contributed by atoms with Gasteiger partial charge in [-0.2, -0.15) is 0 Å². The lowest BCUT2D eigenvalue weighted by Gasteiger charge is -2.08. The maximum Gasteiger partial charge on any atom is 0.258 e. The van der Waals surface area contributed by atoms with E-state index >= 15 is 0 Å². The molecule has 0 fully saturated rings. The third kappa shape index (κ3) is 6.95. The van der Waals surface area contributed by atoms with Crippen LogP contribution >= 0.6 is 0 Å². The molecule has 0 aliphatic rings. The molecule has 0 aliphatic carbocycles. The zero-order valence-electron chi connectivity index (χ0n) is 16.7. The van der Waals surface area contributed by atoms with Crippen molar-refractivity contribution in [3.63, 3.8) is 0 Å². The minimum atomic E-state index is -0.472. The van der Waals surface area contributed by atoms with Crippen LogP contribution in [0.15, 0.2) is 42.7 Å². The van der Waals surface area contributed by atoms with Crippen LogP contribution in [0.4, 0.5) is 0 Å². The van der Waals surface area contributed by atoms with Crippen LogP contribution in [-0.2, 0) is 13.0 Å². The van der Waals surface area contributed by atoms with Crippen LogP contribution in [0.2, 0.25) is 0 Å². The van der Waals surface area contributed by atoms with E-state index in [-0.39, 0.29) is 0 Å². The van der Waals surface area contributed by atoms with Crippen LogP contribution in [0.5, 0.6) is 0 Å². The van der Waals surface area contributed by atoms with Crippen molar-refractivity contribution >= 4 is 0 Å². The molecule has 1 unspecified atom stereocenters. The average molecular weight is 358 g/mol. The molecule has 3 nitrogen and oxygen atoms in total. The number of aromatic nitrogens is 2. The number of benzene rings is 1. The fourth-order valence-electron chi connectivity index (χ4n) is 3.60. The zero-order valence-corrected chi connectivity index (χ0v) is 16.7. The molecule has 3 heteroatoms. The normalized spacial score (nSPS) is 12.4. The molecular formula is C23H37N2O+. The van der Waals surface area contributed by atoms with Crippen LogP contribution in [0.25, 0.3) is 0 Å². The summed E-state index contributed by atoms with van der Waals surface area (Å²) in [6.07, 6.45) is 16.7. The van der Waals surface area contributed by atoms with Gasteiger partial charge in [0.1, 0.15) is 18.9 Å². The highest BCUT2D eigenvalue weighted by atomic mass is 16.3. The van der Waals surface area contributed by atoms with E-state index in [1.165, 1.54) is 69.2 Å². The van der Waals surface area contributed by atoms with Gasteiger partial charge in [-0.15, -0.1) is 0 Å². The summed E-state index contributed by atoms with van der Waals surface area (Å²) in [6, 6.07) is 10.5. The summed E-state index contributed by atoms with van der Waals surface area (Å²) < 4.78 is 4.29. The van der Waals surface area contributed by atoms with Crippen molar-refractivity contribution in [3.8, 4) is 0 Å². The summed E-state index contributed by atoms with van der Waals surface area (Å²) in [5.74, 6) is 1.23. The summed E-state index contributed by atoms with van der Waals surface area (Å²) in [6.45, 7) is 4.98. The number of aliphatic hydroxyl groups excluding tert-OH is 1. The van der Waals surface area contributed by atoms with Crippen molar-refractivity contribution in [1.29, 1.82) is 0 Å². The van der Waals surface area contributed by atoms with Gasteiger partial charge in [0.05, 0.1) is 0 Å². The van der Waals surface area contributed by atoms with Crippen LogP contribution < -0.4 is 4.57 Å². The Hall–Kier alpha value is -1.61. The van der Waals surface area contributed by atoms with Gasteiger partial charge in [0.25, 0.3) is 5.82 Å². The fraction of sp³-hybridized carbons (Fsp3) is 0.609. The van der Waals surface area contributed by atoms with Crippen LogP contribution in [0.1, 0.15) is 89.3 Å². The highest BCUT2D eigenvalue weighted by molar-refractivity contribution is 5.13. The predicted molar refractivity (Wildman–Crippen MR) is 108 cm³/mol. The Labute approximate surface area is 159 Å². The first-order valence-corrected chi connectivity index (χ1v) is 10.5. The van der Waals surface area contributed by atoms with Crippen molar-refractivity contribution in [2.24, 2.45) is 0 Å². The van der Waals surface area contributed by atoms with Gasteiger partial charge in [0.15, 0.2) is 6.23 Å². The molecular weight excluding hydrogens is 320 g/mol. The van der Waals surface area contributed by atoms with Gasteiger partial charge in [-0.25, -0.2) is 9.13 Å². The largest absolute Gasteiger partial charge is 0.355 e. The fourth-order valence-corrected chi connectivity index (χ4v) is 3.60. The van der Waals surface area contributed by atoms with E-state index in [9.17, 15) is 5.11 Å². The lowest BCUT2D eigenvalue weighted by Crippen LogP contribution is -2.38. The lowest BCUT2D eigenvalue weighted by atomic mass is 10.1. The number of aliphatic hydroxyl groups is 1. The van der Waals surface area contributed by atoms with E-state index in [1.54, 1.807) is 0 Å². The van der Waals surface area contributed by atoms with E-state index in [0.717, 1.165) is 13.0 Å². The average Bonchev–Trinajstić information content (AvgIpc) is 3.04. The van der Waals surface area contributed by atoms with E-state index < -0.39 is 6.23 Å². The molecule has 26 heavy (non-hydrogen) atoms. The molecule has 144 valence electrons. The van der Waals surface area contributed by atoms with Gasteiger partial charge in [0, 0.05) is 13.3 Å². The monoisotopic (exact) mass is 357 g/mol. The van der Waals surface area contributed by atoms with E-state index in [0.29, 0.717) is 0 Å². The summed E-state index contributed by atoms with van der Waals surface area (Å²) in [4.78, 5) is 0. The maximum atomic E-state index is 10.1. The summed E-state index contributed by atoms with van der Waals surface area (Å²) in [5, 5.41) is 10.1. The van der Waals surface area contributed by atoms with Crippen LogP contribution in [0.3, 0.4) is 0 Å². The van der Waals surface area contributed by atoms with Crippen LogP contribution in [-0.4, -0.2) is 9.67 Å². The number of hydrogen-bond acceptors (Lipinski definition) is 1. The number of nitrogens with zero attached hydrogens (tertiary/aromatic N) is 2. The summed E-state index contributed by atoms with van der Waals surface area (Å²) in [7, 11) is 0. The molecule has 2 rings (SSSR count). The standard InChI is InChI=1S/C23H37N2O/c1-3-4-5-6-7-8-9-10-14-17-23-24(18-19-25(23)21(2)26)20-22-15-12-11-13-16-22/h11-13,15-16,18-19,21,26H,3-10,14,17,20H2,1-2H3/q+1. The molecule has 0 saturated carbocycles. The Morgan fingerprint density at radius 1 is 0.923 bits per heavy atom. The smallest absolute Gasteiger partial charge is 0.258 e. The van der Waals surface area contributed by atoms with Crippen molar-refractivity contribution in [2.45, 2.75) is 90.8 Å². The molecule has 1 atom stereocenters. The number of hydrogen-bond donors (Lipinski definition) is 1. The quantitative estimate of drug-likeness (QED) is 0.377. The summed E-state index contributed by atoms with van der Waals surface area (Å²) >= 11 is 0. The van der Waals surface area contributed by atoms with Gasteiger partial charge in [-0.1, -0.05) is 88.6 Å². The molecule has 1 aromatic heterocycles. The maximum absolute atomic E-state index is 10.1. The van der Waals surface area contributed by atoms with Crippen LogP contribution in [0, 0.1) is 0 Å². The second-order valence-corrected chi connectivity index (χ2v) is 7.45. The highest BCUT2D eigenvalue weighted by Gasteiger charge is 2.19. The molecule has 1 aromatic carbocycles. The minimum Gasteiger partial charge on any atom is -0.355 e. The van der Waals surface area contributed by atoms with Crippen molar-refractivity contribution in [3.05, 3.63) is 54.1 Å². The topological polar surface area (TPSA) is 29.0 Å². The SMILES string of the molecule is CCCCCCCCCCCc1n(C(C)O)cc[n+]1Cc1ccccc1. The Morgan fingerprint density at radius 2 is 1.54 bits per heavy atom. The van der Waals surface area contributed by atoms with E-state index in [4.69, 9.17) is 0 Å². The molecule has 0 amide bonds. The van der Waals surface area contributed by atoms with Gasteiger partial charge >= 0.3 is 0 Å². The third-order valence-electron chi connectivity index (χ3n) is 5.14. The first-order valence-electron chi connectivity index (χ1n) is 10.5. The number of unbranched alkanes of at least 4 members (excludes halogenated alkanes) is 8. The van der Waals surface area contributed by atoms with Gasteiger partial charge in [-0.3, -0.25) is 0 Å². The Bertz CT molecular complexity index is 604.